The highest BCUT2D eigenvalue weighted by molar-refractivity contribution is 7.99. The highest BCUT2D eigenvalue weighted by Crippen LogP contribution is 2.39. The summed E-state index contributed by atoms with van der Waals surface area (Å²) in [5, 5.41) is 39.8. The van der Waals surface area contributed by atoms with Gasteiger partial charge in [0.05, 0.1) is 23.0 Å². The first-order valence-corrected chi connectivity index (χ1v) is 9.43. The summed E-state index contributed by atoms with van der Waals surface area (Å²) in [5.74, 6) is -0.817. The molecule has 0 unspecified atom stereocenters. The normalized spacial score (nSPS) is 21.9. The summed E-state index contributed by atoms with van der Waals surface area (Å²) in [6, 6.07) is 3.84. The molecule has 3 aromatic rings. The fraction of sp³-hybridized carbons (Fsp3) is 0.294. The summed E-state index contributed by atoms with van der Waals surface area (Å²) >= 11 is 1.40. The van der Waals surface area contributed by atoms with Crippen molar-refractivity contribution in [3.8, 4) is 0 Å². The lowest BCUT2D eigenvalue weighted by molar-refractivity contribution is 0.0404. The molecule has 4 N–H and O–H groups in total. The second-order valence-corrected chi connectivity index (χ2v) is 7.49. The van der Waals surface area contributed by atoms with Crippen LogP contribution in [-0.2, 0) is 6.54 Å². The number of fused-ring (bicyclic) bond motifs is 1. The minimum atomic E-state index is -1.34. The van der Waals surface area contributed by atoms with E-state index in [0.29, 0.717) is 28.6 Å². The number of nitrogens with one attached hydrogen (secondary N) is 1. The summed E-state index contributed by atoms with van der Waals surface area (Å²) in [4.78, 5) is 15.3. The van der Waals surface area contributed by atoms with Crippen LogP contribution in [0.15, 0.2) is 30.6 Å². The van der Waals surface area contributed by atoms with Crippen LogP contribution in [0.3, 0.4) is 0 Å². The van der Waals surface area contributed by atoms with Gasteiger partial charge < -0.3 is 20.6 Å². The molecule has 3 heterocycles. The Kier molecular flexibility index (Phi) is 4.87. The van der Waals surface area contributed by atoms with Gasteiger partial charge in [-0.15, -0.1) is 22.0 Å². The second kappa shape index (κ2) is 7.34. The molecule has 0 spiro atoms. The second-order valence-electron chi connectivity index (χ2n) is 6.31. The minimum absolute atomic E-state index is 0.203. The molecule has 1 aliphatic rings. The zero-order chi connectivity index (χ0) is 19.8. The molecular formula is C17H16FN5O4S. The van der Waals surface area contributed by atoms with Crippen molar-refractivity contribution < 1.29 is 24.5 Å². The number of aromatic nitrogens is 4. The molecule has 1 aliphatic heterocycles. The Hall–Kier alpha value is -2.76. The number of aromatic carboxylic acids is 1. The predicted octanol–water partition coefficient (Wildman–Crippen LogP) is 1.08. The van der Waals surface area contributed by atoms with Gasteiger partial charge in [-0.05, 0) is 17.7 Å². The molecular weight excluding hydrogens is 389 g/mol. The van der Waals surface area contributed by atoms with Gasteiger partial charge in [0, 0.05) is 24.7 Å². The number of thioether (sulfide) groups is 1. The van der Waals surface area contributed by atoms with Crippen molar-refractivity contribution in [1.82, 2.24) is 19.6 Å². The van der Waals surface area contributed by atoms with E-state index in [1.54, 1.807) is 10.6 Å². The van der Waals surface area contributed by atoms with E-state index >= 15 is 0 Å². The molecule has 0 radical (unpaired) electrons. The van der Waals surface area contributed by atoms with Crippen molar-refractivity contribution >= 4 is 29.2 Å². The Morgan fingerprint density at radius 1 is 1.36 bits per heavy atom. The van der Waals surface area contributed by atoms with Gasteiger partial charge in [-0.3, -0.25) is 4.40 Å². The number of halogens is 1. The Labute approximate surface area is 162 Å². The first-order chi connectivity index (χ1) is 13.5. The largest absolute Gasteiger partial charge is 0.478 e. The molecule has 4 rings (SSSR count). The Morgan fingerprint density at radius 3 is 2.89 bits per heavy atom. The summed E-state index contributed by atoms with van der Waals surface area (Å²) in [6.45, 7) is 0.203. The zero-order valence-electron chi connectivity index (χ0n) is 14.4. The molecule has 0 saturated carbocycles. The van der Waals surface area contributed by atoms with E-state index in [2.05, 4.69) is 20.5 Å². The van der Waals surface area contributed by atoms with Gasteiger partial charge in [0.15, 0.2) is 11.6 Å². The number of nitrogens with zero attached hydrogens (tertiary/aromatic N) is 4. The minimum Gasteiger partial charge on any atom is -0.478 e. The maximum absolute atomic E-state index is 13.5. The fourth-order valence-electron chi connectivity index (χ4n) is 3.02. The molecule has 3 atom stereocenters. The van der Waals surface area contributed by atoms with Crippen molar-refractivity contribution in [2.45, 2.75) is 24.0 Å². The summed E-state index contributed by atoms with van der Waals surface area (Å²) in [5.41, 5.74) is 0.584. The summed E-state index contributed by atoms with van der Waals surface area (Å²) < 4.78 is 15.2. The van der Waals surface area contributed by atoms with Crippen molar-refractivity contribution in [2.24, 2.45) is 0 Å². The smallest absolute Gasteiger partial charge is 0.338 e. The fourth-order valence-corrected chi connectivity index (χ4v) is 4.31. The summed E-state index contributed by atoms with van der Waals surface area (Å²) in [6.07, 6.45) is 1.45. The van der Waals surface area contributed by atoms with Crippen LogP contribution < -0.4 is 5.32 Å². The van der Waals surface area contributed by atoms with Crippen LogP contribution in [0, 0.1) is 5.82 Å². The van der Waals surface area contributed by atoms with Gasteiger partial charge >= 0.3 is 5.97 Å². The molecule has 1 saturated heterocycles. The van der Waals surface area contributed by atoms with Crippen LogP contribution in [-0.4, -0.2) is 58.8 Å². The SMILES string of the molecule is O=C(O)c1cc(CNc2nccn3c([C@@H]4SC[C@@H](O)[C@H]4O)nnc23)ccc1F. The Balaban J connectivity index is 1.59. The quantitative estimate of drug-likeness (QED) is 0.492. The molecule has 9 nitrogen and oxygen atoms in total. The number of aliphatic hydroxyl groups is 2. The average molecular weight is 405 g/mol. The van der Waals surface area contributed by atoms with Gasteiger partial charge in [0.2, 0.25) is 5.65 Å². The summed E-state index contributed by atoms with van der Waals surface area (Å²) in [7, 11) is 0. The number of hydrogen-bond acceptors (Lipinski definition) is 8. The van der Waals surface area contributed by atoms with Gasteiger partial charge in [0.25, 0.3) is 0 Å². The molecule has 146 valence electrons. The maximum Gasteiger partial charge on any atom is 0.338 e. The highest BCUT2D eigenvalue weighted by atomic mass is 32.2. The van der Waals surface area contributed by atoms with E-state index in [1.165, 1.54) is 30.1 Å². The average Bonchev–Trinajstić information content (AvgIpc) is 3.25. The van der Waals surface area contributed by atoms with Crippen LogP contribution in [0.4, 0.5) is 10.2 Å². The van der Waals surface area contributed by atoms with Crippen LogP contribution in [0.2, 0.25) is 0 Å². The van der Waals surface area contributed by atoms with Crippen LogP contribution in [0.25, 0.3) is 5.65 Å². The predicted molar refractivity (Wildman–Crippen MR) is 98.7 cm³/mol. The standard InChI is InChI=1S/C17H16FN5O4S/c18-10-2-1-8(5-9(10)17(26)27)6-20-14-16-22-21-15(23(16)4-3-19-14)13-12(25)11(24)7-28-13/h1-5,11-13,24-25H,6-7H2,(H,19,20)(H,26,27)/t11-,12-,13-/m1/s1. The van der Waals surface area contributed by atoms with Crippen LogP contribution in [0.5, 0.6) is 0 Å². The lowest BCUT2D eigenvalue weighted by Crippen LogP contribution is -2.25. The lowest BCUT2D eigenvalue weighted by Gasteiger charge is -2.14. The van der Waals surface area contributed by atoms with E-state index in [4.69, 9.17) is 5.11 Å². The number of rotatable bonds is 5. The molecule has 28 heavy (non-hydrogen) atoms. The van der Waals surface area contributed by atoms with Crippen molar-refractivity contribution in [2.75, 3.05) is 11.1 Å². The van der Waals surface area contributed by atoms with Crippen LogP contribution in [0.1, 0.15) is 27.0 Å². The Morgan fingerprint density at radius 2 is 2.18 bits per heavy atom. The maximum atomic E-state index is 13.5. The van der Waals surface area contributed by atoms with Crippen molar-refractivity contribution in [1.29, 1.82) is 0 Å². The number of aliphatic hydroxyl groups excluding tert-OH is 2. The third kappa shape index (κ3) is 3.28. The van der Waals surface area contributed by atoms with Crippen LogP contribution >= 0.6 is 11.8 Å². The van der Waals surface area contributed by atoms with E-state index in [-0.39, 0.29) is 6.54 Å². The van der Waals surface area contributed by atoms with E-state index in [0.717, 1.165) is 6.07 Å². The molecule has 0 bridgehead atoms. The third-order valence-electron chi connectivity index (χ3n) is 4.48. The van der Waals surface area contributed by atoms with Gasteiger partial charge in [-0.25, -0.2) is 14.2 Å². The zero-order valence-corrected chi connectivity index (χ0v) is 15.2. The molecule has 0 amide bonds. The molecule has 1 fully saturated rings. The number of carboxylic acid groups (broad SMARTS) is 1. The highest BCUT2D eigenvalue weighted by Gasteiger charge is 2.38. The number of hydrogen-bond donors (Lipinski definition) is 4. The molecule has 2 aromatic heterocycles. The Bertz CT molecular complexity index is 1050. The van der Waals surface area contributed by atoms with Crippen molar-refractivity contribution in [3.63, 3.8) is 0 Å². The van der Waals surface area contributed by atoms with E-state index in [9.17, 15) is 19.4 Å². The number of carboxylic acids is 1. The van der Waals surface area contributed by atoms with Gasteiger partial charge in [0.1, 0.15) is 5.82 Å². The molecule has 0 aliphatic carbocycles. The van der Waals surface area contributed by atoms with E-state index in [1.807, 2.05) is 0 Å². The van der Waals surface area contributed by atoms with Gasteiger partial charge in [-0.1, -0.05) is 6.07 Å². The number of carbonyl (C=O) groups is 1. The first-order valence-electron chi connectivity index (χ1n) is 8.38. The van der Waals surface area contributed by atoms with Crippen molar-refractivity contribution in [3.05, 3.63) is 53.4 Å². The molecule has 1 aromatic carbocycles. The van der Waals surface area contributed by atoms with Gasteiger partial charge in [-0.2, -0.15) is 0 Å². The first kappa shape index (κ1) is 18.6. The topological polar surface area (TPSA) is 133 Å². The monoisotopic (exact) mass is 405 g/mol. The third-order valence-corrected chi connectivity index (χ3v) is 5.86. The lowest BCUT2D eigenvalue weighted by atomic mass is 10.1. The number of anilines is 1. The number of benzene rings is 1. The van der Waals surface area contributed by atoms with E-state index < -0.39 is 34.8 Å². The molecule has 11 heteroatoms.